The number of rotatable bonds is 7. The molecule has 0 spiro atoms. The van der Waals surface area contributed by atoms with Gasteiger partial charge in [-0.25, -0.2) is 0 Å². The van der Waals surface area contributed by atoms with E-state index in [2.05, 4.69) is 35.7 Å². The molecular weight excluding hydrogens is 380 g/mol. The zero-order chi connectivity index (χ0) is 22.2. The van der Waals surface area contributed by atoms with Gasteiger partial charge in [-0.1, -0.05) is 97.1 Å². The van der Waals surface area contributed by atoms with Gasteiger partial charge in [0.15, 0.2) is 5.82 Å². The van der Waals surface area contributed by atoms with Crippen molar-refractivity contribution in [1.82, 2.24) is 15.0 Å². The Morgan fingerprint density at radius 2 is 1.69 bits per heavy atom. The number of allylic oxidation sites excluding steroid dienone is 1. The largest absolute Gasteiger partial charge is 0.368 e. The van der Waals surface area contributed by atoms with Crippen LogP contribution in [-0.2, 0) is 0 Å². The van der Waals surface area contributed by atoms with Crippen LogP contribution in [0.3, 0.4) is 0 Å². The normalized spacial score (nSPS) is 10.7. The van der Waals surface area contributed by atoms with Crippen LogP contribution >= 0.6 is 11.6 Å². The maximum atomic E-state index is 5.81. The summed E-state index contributed by atoms with van der Waals surface area (Å²) in [5.41, 5.74) is 8.68. The van der Waals surface area contributed by atoms with Crippen LogP contribution in [0.2, 0.25) is 5.28 Å². The molecule has 162 valence electrons. The van der Waals surface area contributed by atoms with E-state index in [1.807, 2.05) is 58.0 Å². The summed E-state index contributed by atoms with van der Waals surface area (Å²) in [7, 11) is 0. The fraction of sp³-hybridized carbons (Fsp3) is 0.542. The van der Waals surface area contributed by atoms with Crippen molar-refractivity contribution in [2.24, 2.45) is 5.92 Å². The molecule has 2 aromatic rings. The molecule has 0 atom stereocenters. The fourth-order valence-corrected chi connectivity index (χ4v) is 3.12. The Labute approximate surface area is 183 Å². The number of aromatic nitrogens is 3. The molecule has 1 aromatic carbocycles. The van der Waals surface area contributed by atoms with Gasteiger partial charge in [0.25, 0.3) is 0 Å². The van der Waals surface area contributed by atoms with E-state index in [9.17, 15) is 0 Å². The average molecular weight is 419 g/mol. The first kappa shape index (κ1) is 27.1. The monoisotopic (exact) mass is 418 g/mol. The zero-order valence-corrected chi connectivity index (χ0v) is 20.1. The van der Waals surface area contributed by atoms with Crippen molar-refractivity contribution < 1.29 is 0 Å². The molecule has 1 aromatic heterocycles. The third kappa shape index (κ3) is 9.89. The molecule has 1 heterocycles. The van der Waals surface area contributed by atoms with Gasteiger partial charge in [0, 0.05) is 5.57 Å². The third-order valence-electron chi connectivity index (χ3n) is 4.71. The minimum atomic E-state index is 0.102. The number of aryl methyl sites for hydroxylation is 1. The molecule has 0 amide bonds. The Hall–Kier alpha value is -1.94. The lowest BCUT2D eigenvalue weighted by Crippen LogP contribution is -2.04. The Morgan fingerprint density at radius 3 is 2.17 bits per heavy atom. The molecule has 0 aliphatic heterocycles. The molecule has 0 radical (unpaired) electrons. The zero-order valence-electron chi connectivity index (χ0n) is 19.3. The standard InChI is InChI=1S/C13H13ClN4.C9H20.C2H6/c1-3-9(10-7-5-4-6-8(10)2)11-16-12(14)18-13(15)17-11;1-4-7-8-9(5-2)6-3;1-2/h3-7H,1-2H3,(H2,15,16,17,18);9H,4-8H2,1-3H3;1-2H3/b9-3+;;. The van der Waals surface area contributed by atoms with Crippen molar-refractivity contribution in [1.29, 1.82) is 0 Å². The van der Waals surface area contributed by atoms with Gasteiger partial charge in [-0.15, -0.1) is 0 Å². The minimum Gasteiger partial charge on any atom is -0.368 e. The van der Waals surface area contributed by atoms with E-state index in [1.165, 1.54) is 32.1 Å². The molecule has 0 bridgehead atoms. The highest BCUT2D eigenvalue weighted by molar-refractivity contribution is 6.28. The summed E-state index contributed by atoms with van der Waals surface area (Å²) in [6.07, 6.45) is 8.91. The fourth-order valence-electron chi connectivity index (χ4n) is 2.96. The Bertz CT molecular complexity index is 704. The number of nitrogens with zero attached hydrogens (tertiary/aromatic N) is 3. The number of anilines is 1. The molecule has 0 unspecified atom stereocenters. The molecule has 0 saturated carbocycles. The van der Waals surface area contributed by atoms with Gasteiger partial charge in [0.05, 0.1) is 0 Å². The predicted octanol–water partition coefficient (Wildman–Crippen LogP) is 7.51. The van der Waals surface area contributed by atoms with Crippen LogP contribution in [0.1, 0.15) is 90.6 Å². The van der Waals surface area contributed by atoms with E-state index >= 15 is 0 Å². The van der Waals surface area contributed by atoms with Crippen LogP contribution in [-0.4, -0.2) is 15.0 Å². The van der Waals surface area contributed by atoms with E-state index in [4.69, 9.17) is 17.3 Å². The van der Waals surface area contributed by atoms with Gasteiger partial charge in [-0.2, -0.15) is 15.0 Å². The lowest BCUT2D eigenvalue weighted by atomic mass is 9.97. The summed E-state index contributed by atoms with van der Waals surface area (Å²) in [6.45, 7) is 14.8. The number of nitrogen functional groups attached to an aromatic ring is 1. The minimum absolute atomic E-state index is 0.102. The highest BCUT2D eigenvalue weighted by atomic mass is 35.5. The Balaban J connectivity index is 0.000000606. The molecule has 0 aliphatic rings. The number of halogens is 1. The van der Waals surface area contributed by atoms with Crippen LogP contribution < -0.4 is 5.73 Å². The second-order valence-electron chi connectivity index (χ2n) is 6.63. The molecule has 0 saturated heterocycles. The summed E-state index contributed by atoms with van der Waals surface area (Å²) in [5, 5.41) is 0.102. The van der Waals surface area contributed by atoms with Gasteiger partial charge in [-0.3, -0.25) is 0 Å². The summed E-state index contributed by atoms with van der Waals surface area (Å²) in [6, 6.07) is 8.00. The summed E-state index contributed by atoms with van der Waals surface area (Å²) >= 11 is 5.81. The summed E-state index contributed by atoms with van der Waals surface area (Å²) in [5.74, 6) is 1.62. The highest BCUT2D eigenvalue weighted by Crippen LogP contribution is 2.24. The molecule has 2 N–H and O–H groups in total. The lowest BCUT2D eigenvalue weighted by Gasteiger charge is -2.09. The molecule has 0 fully saturated rings. The van der Waals surface area contributed by atoms with E-state index in [0.29, 0.717) is 5.82 Å². The maximum absolute atomic E-state index is 5.81. The van der Waals surface area contributed by atoms with Crippen LogP contribution in [0, 0.1) is 12.8 Å². The van der Waals surface area contributed by atoms with Crippen molar-refractivity contribution >= 4 is 23.1 Å². The summed E-state index contributed by atoms with van der Waals surface area (Å²) < 4.78 is 0. The van der Waals surface area contributed by atoms with Crippen LogP contribution in [0.5, 0.6) is 0 Å². The third-order valence-corrected chi connectivity index (χ3v) is 4.88. The van der Waals surface area contributed by atoms with Crippen LogP contribution in [0.25, 0.3) is 5.57 Å². The number of benzene rings is 1. The van der Waals surface area contributed by atoms with Gasteiger partial charge >= 0.3 is 0 Å². The Kier molecular flexibility index (Phi) is 14.9. The summed E-state index contributed by atoms with van der Waals surface area (Å²) in [4.78, 5) is 12.0. The first-order chi connectivity index (χ1) is 14.0. The van der Waals surface area contributed by atoms with Gasteiger partial charge in [-0.05, 0) is 42.5 Å². The van der Waals surface area contributed by atoms with Crippen LogP contribution in [0.15, 0.2) is 30.3 Å². The molecule has 5 heteroatoms. The lowest BCUT2D eigenvalue weighted by molar-refractivity contribution is 0.438. The van der Waals surface area contributed by atoms with Crippen molar-refractivity contribution in [2.75, 3.05) is 5.73 Å². The van der Waals surface area contributed by atoms with E-state index in [0.717, 1.165) is 22.6 Å². The second-order valence-corrected chi connectivity index (χ2v) is 6.97. The van der Waals surface area contributed by atoms with Crippen LogP contribution in [0.4, 0.5) is 5.95 Å². The van der Waals surface area contributed by atoms with Crippen molar-refractivity contribution in [2.45, 2.75) is 80.6 Å². The van der Waals surface area contributed by atoms with E-state index < -0.39 is 0 Å². The van der Waals surface area contributed by atoms with E-state index in [1.54, 1.807) is 0 Å². The topological polar surface area (TPSA) is 64.7 Å². The quantitative estimate of drug-likeness (QED) is 0.505. The highest BCUT2D eigenvalue weighted by Gasteiger charge is 2.11. The molecule has 0 aliphatic carbocycles. The number of hydrogen-bond acceptors (Lipinski definition) is 4. The SMILES string of the molecule is C/C=C(/c1nc(N)nc(Cl)n1)c1ccccc1C.CC.CCCCC(CC)CC. The number of unbranched alkanes of at least 4 members (excludes halogenated alkanes) is 1. The predicted molar refractivity (Wildman–Crippen MR) is 128 cm³/mol. The van der Waals surface area contributed by atoms with Gasteiger partial charge in [0.2, 0.25) is 11.2 Å². The molecule has 4 nitrogen and oxygen atoms in total. The molecule has 29 heavy (non-hydrogen) atoms. The average Bonchev–Trinajstić information content (AvgIpc) is 2.72. The first-order valence-corrected chi connectivity index (χ1v) is 11.2. The number of hydrogen-bond donors (Lipinski definition) is 1. The second kappa shape index (κ2) is 15.9. The van der Waals surface area contributed by atoms with Crippen molar-refractivity contribution in [3.8, 4) is 0 Å². The van der Waals surface area contributed by atoms with Gasteiger partial charge in [0.1, 0.15) is 0 Å². The number of nitrogens with two attached hydrogens (primary N) is 1. The van der Waals surface area contributed by atoms with Crippen molar-refractivity contribution in [3.63, 3.8) is 0 Å². The smallest absolute Gasteiger partial charge is 0.227 e. The first-order valence-electron chi connectivity index (χ1n) is 10.9. The molecule has 2 rings (SSSR count). The van der Waals surface area contributed by atoms with E-state index in [-0.39, 0.29) is 11.2 Å². The van der Waals surface area contributed by atoms with Crippen molar-refractivity contribution in [3.05, 3.63) is 52.6 Å². The van der Waals surface area contributed by atoms with Gasteiger partial charge < -0.3 is 5.73 Å². The molecular formula is C24H39ClN4. The Morgan fingerprint density at radius 1 is 1.07 bits per heavy atom. The maximum Gasteiger partial charge on any atom is 0.227 e.